The highest BCUT2D eigenvalue weighted by atomic mass is 16.3. The molecule has 0 aromatic rings. The maximum atomic E-state index is 7.88. The molecule has 9 N–H and O–H groups in total. The van der Waals surface area contributed by atoms with Crippen molar-refractivity contribution in [2.45, 2.75) is 625 Å². The second-order valence-electron chi connectivity index (χ2n) is 15.9. The molecule has 0 saturated carbocycles. The molecule has 0 atom stereocenters. The normalized spacial score (nSPS) is 5.28. The predicted octanol–water partition coefficient (Wildman–Crippen LogP) is 41.1. The van der Waals surface area contributed by atoms with E-state index in [1.165, 1.54) is 154 Å². The van der Waals surface area contributed by atoms with Gasteiger partial charge < -0.3 is 46.0 Å². The quantitative estimate of drug-likeness (QED) is 0.0919. The van der Waals surface area contributed by atoms with Gasteiger partial charge in [0.15, 0.2) is 0 Å². The lowest BCUT2D eigenvalue weighted by Gasteiger charge is -1.69. The van der Waals surface area contributed by atoms with Crippen LogP contribution in [-0.2, 0) is 0 Å². The summed E-state index contributed by atoms with van der Waals surface area (Å²) in [6.45, 7) is 103. The molecule has 0 aromatic heterocycles. The van der Waals surface area contributed by atoms with Crippen molar-refractivity contribution in [3.63, 3.8) is 0 Å². The Labute approximate surface area is 727 Å². The van der Waals surface area contributed by atoms with Crippen LogP contribution in [0.3, 0.4) is 0 Å². The summed E-state index contributed by atoms with van der Waals surface area (Å²) >= 11 is 0. The van der Waals surface area contributed by atoms with Crippen LogP contribution in [0.15, 0.2) is 0 Å². The molecule has 0 heterocycles. The summed E-state index contributed by atoms with van der Waals surface area (Å²) < 4.78 is 0. The van der Waals surface area contributed by atoms with Crippen LogP contribution in [0.5, 0.6) is 0 Å². The molecular formula is C100H292O9. The van der Waals surface area contributed by atoms with E-state index in [0.717, 1.165) is 27.1 Å². The van der Waals surface area contributed by atoms with Crippen LogP contribution >= 0.6 is 0 Å². The van der Waals surface area contributed by atoms with Crippen LogP contribution in [0.4, 0.5) is 0 Å². The van der Waals surface area contributed by atoms with Crippen molar-refractivity contribution >= 4 is 0 Å². The van der Waals surface area contributed by atoms with Gasteiger partial charge in [-0.05, 0) is 47.5 Å². The molecule has 109 heavy (non-hydrogen) atoms. The van der Waals surface area contributed by atoms with Crippen LogP contribution in [0.25, 0.3) is 0 Å². The zero-order valence-electron chi connectivity index (χ0n) is 78.4. The molecule has 0 aromatic carbocycles. The number of hydrogen-bond donors (Lipinski definition) is 9. The molecule has 0 saturated heterocycles. The molecule has 0 spiro atoms. The molecule has 9 heteroatoms. The lowest BCUT2D eigenvalue weighted by atomic mass is 10.4. The first-order valence-corrected chi connectivity index (χ1v) is 40.9. The lowest BCUT2D eigenvalue weighted by Crippen LogP contribution is -1.69. The van der Waals surface area contributed by atoms with E-state index in [2.05, 4.69) is 194 Å². The fourth-order valence-corrected chi connectivity index (χ4v) is 0. The Morgan fingerprint density at radius 2 is 0.128 bits per heavy atom. The van der Waals surface area contributed by atoms with Gasteiger partial charge in [-0.1, -0.05) is 578 Å². The molecule has 0 aliphatic carbocycles. The van der Waals surface area contributed by atoms with Crippen molar-refractivity contribution < 1.29 is 46.0 Å². The highest BCUT2D eigenvalue weighted by molar-refractivity contribution is 4.17. The van der Waals surface area contributed by atoms with Gasteiger partial charge >= 0.3 is 0 Å². The minimum absolute atomic E-state index is 0. The molecule has 746 valence electrons. The number of hydrogen-bond acceptors (Lipinski definition) is 9. The number of aliphatic hydroxyl groups is 9. The van der Waals surface area contributed by atoms with Crippen LogP contribution < -0.4 is 0 Å². The monoisotopic (exact) mass is 1640 g/mol. The Kier molecular flexibility index (Phi) is 3380. The molecule has 0 aliphatic heterocycles. The van der Waals surface area contributed by atoms with Gasteiger partial charge in [0, 0.05) is 60.5 Å². The Morgan fingerprint density at radius 1 is 0.110 bits per heavy atom. The Hall–Kier alpha value is -0.360. The summed E-state index contributed by atoms with van der Waals surface area (Å²) in [7, 11) is 2.00. The maximum absolute atomic E-state index is 7.88. The first-order valence-electron chi connectivity index (χ1n) is 40.9. The zero-order chi connectivity index (χ0) is 83.3. The van der Waals surface area contributed by atoms with E-state index in [9.17, 15) is 0 Å². The highest BCUT2D eigenvalue weighted by Crippen LogP contribution is 1.80. The summed E-state index contributed by atoms with van der Waals surface area (Å²) in [5, 5.41) is 67.6. The summed E-state index contributed by atoms with van der Waals surface area (Å²) in [5.74, 6) is 0. The SMILES string of the molecule is C.C.C.C.C.C.C.C.C.C.C.C.C.C.C.C.CC.CC.CC.CC.CC.CC.CC.CCC.CCC.CCC.CCC.CCCC.CCCC.CCCC.CCCC.CCCC.CCCC.CCCC.CCCC.CCCC.CCCC.CCCO.CCCO.CCO.CCO.CCO.CCO.CCO.CO.CO. The smallest absolute Gasteiger partial charge is 0.0428 e. The maximum Gasteiger partial charge on any atom is 0.0428 e. The molecule has 0 rings (SSSR count). The van der Waals surface area contributed by atoms with Gasteiger partial charge in [0.05, 0.1) is 0 Å². The largest absolute Gasteiger partial charge is 0.400 e. The predicted molar refractivity (Wildman–Crippen MR) is 572 cm³/mol. The Morgan fingerprint density at radius 3 is 0.128 bits per heavy atom. The summed E-state index contributed by atoms with van der Waals surface area (Å²) in [6, 6.07) is 0. The van der Waals surface area contributed by atoms with Crippen LogP contribution in [-0.4, -0.2) is 106 Å². The zero-order valence-corrected chi connectivity index (χ0v) is 78.4. The molecule has 0 bridgehead atoms. The van der Waals surface area contributed by atoms with Gasteiger partial charge in [0.1, 0.15) is 0 Å². The lowest BCUT2D eigenvalue weighted by molar-refractivity contribution is 0.294. The first kappa shape index (κ1) is 321. The van der Waals surface area contributed by atoms with E-state index in [1.54, 1.807) is 34.6 Å². The number of rotatable bonds is 12. The average Bonchev–Trinajstić information content (AvgIpc) is 3.64. The fraction of sp³-hybridized carbons (Fsp3) is 1.00. The van der Waals surface area contributed by atoms with Gasteiger partial charge in [-0.3, -0.25) is 0 Å². The minimum Gasteiger partial charge on any atom is -0.400 e. The van der Waals surface area contributed by atoms with Gasteiger partial charge in [0.25, 0.3) is 0 Å². The van der Waals surface area contributed by atoms with E-state index in [4.69, 9.17) is 46.0 Å². The molecule has 0 aliphatic rings. The van der Waals surface area contributed by atoms with Crippen molar-refractivity contribution in [3.05, 3.63) is 0 Å². The third kappa shape index (κ3) is 8870. The van der Waals surface area contributed by atoms with Crippen molar-refractivity contribution in [3.8, 4) is 0 Å². The van der Waals surface area contributed by atoms with Gasteiger partial charge in [-0.2, -0.15) is 0 Å². The second-order valence-corrected chi connectivity index (χ2v) is 15.9. The minimum atomic E-state index is 0. The Bertz CT molecular complexity index is 239. The fourth-order valence-electron chi connectivity index (χ4n) is 0. The third-order valence-corrected chi connectivity index (χ3v) is 5.45. The summed E-state index contributed by atoms with van der Waals surface area (Å²) in [4.78, 5) is 0. The van der Waals surface area contributed by atoms with Gasteiger partial charge in [0.2, 0.25) is 0 Å². The molecule has 0 fully saturated rings. The van der Waals surface area contributed by atoms with Gasteiger partial charge in [-0.15, -0.1) is 0 Å². The van der Waals surface area contributed by atoms with Crippen LogP contribution in [0.2, 0.25) is 0 Å². The van der Waals surface area contributed by atoms with Crippen molar-refractivity contribution in [1.29, 1.82) is 0 Å². The summed E-state index contributed by atoms with van der Waals surface area (Å²) in [5.41, 5.74) is 0. The van der Waals surface area contributed by atoms with Crippen molar-refractivity contribution in [2.24, 2.45) is 0 Å². The van der Waals surface area contributed by atoms with Crippen molar-refractivity contribution in [2.75, 3.05) is 60.5 Å². The highest BCUT2D eigenvalue weighted by Gasteiger charge is 1.61. The third-order valence-electron chi connectivity index (χ3n) is 5.45. The average molecular weight is 1640 g/mol. The van der Waals surface area contributed by atoms with Crippen LogP contribution in [0.1, 0.15) is 625 Å². The van der Waals surface area contributed by atoms with E-state index in [-0.39, 0.29) is 152 Å². The first-order chi connectivity index (χ1) is 44.7. The molecular weight excluding hydrogens is 1350 g/mol. The molecule has 0 unspecified atom stereocenters. The topological polar surface area (TPSA) is 182 Å². The molecule has 0 amide bonds. The van der Waals surface area contributed by atoms with E-state index in [1.807, 2.05) is 111 Å². The standard InChI is InChI=1S/10C4H10.2C3H8O.4C3H8.5C2H6O.7C2H6.2CH4O.16CH4/c10*1-3-4-2;2*1-2-3-4;4*1-3-2;5*1-2-3;9*1-2;;;;;;;;;;;;;;;;/h10*3-4H2,1-2H3;2*4H,2-3H2,1H3;4*3H2,1-2H3;5*3H,2H2,1H3;7*1-2H3;2*2H,1H3;16*1H4. The van der Waals surface area contributed by atoms with Crippen molar-refractivity contribution in [1.82, 2.24) is 0 Å². The van der Waals surface area contributed by atoms with E-state index >= 15 is 0 Å². The summed E-state index contributed by atoms with van der Waals surface area (Å²) in [6.07, 6.45) is 33.1. The van der Waals surface area contributed by atoms with Gasteiger partial charge in [-0.25, -0.2) is 0 Å². The Balaban J connectivity index is -0.00000000854. The number of aliphatic hydroxyl groups excluding tert-OH is 9. The van der Waals surface area contributed by atoms with Crippen LogP contribution in [0, 0.1) is 0 Å². The van der Waals surface area contributed by atoms with E-state index in [0.29, 0.717) is 13.2 Å². The molecule has 9 nitrogen and oxygen atoms in total. The van der Waals surface area contributed by atoms with E-state index < -0.39 is 0 Å². The molecule has 0 radical (unpaired) electrons. The second kappa shape index (κ2) is 1150. The number of unbranched alkanes of at least 4 members (excludes halogenated alkanes) is 10.